The van der Waals surface area contributed by atoms with E-state index >= 15 is 0 Å². The molecule has 0 atom stereocenters. The smallest absolute Gasteiger partial charge is 0.223 e. The first kappa shape index (κ1) is 15.7. The molecule has 2 amide bonds. The molecule has 5 nitrogen and oxygen atoms in total. The van der Waals surface area contributed by atoms with Gasteiger partial charge in [0.1, 0.15) is 0 Å². The maximum absolute atomic E-state index is 11.7. The molecule has 0 saturated heterocycles. The van der Waals surface area contributed by atoms with Crippen LogP contribution in [-0.2, 0) is 9.59 Å². The van der Waals surface area contributed by atoms with E-state index in [-0.39, 0.29) is 17.7 Å². The van der Waals surface area contributed by atoms with E-state index in [1.54, 1.807) is 29.2 Å². The predicted molar refractivity (Wildman–Crippen MR) is 77.0 cm³/mol. The van der Waals surface area contributed by atoms with Gasteiger partial charge in [0.05, 0.1) is 11.6 Å². The lowest BCUT2D eigenvalue weighted by atomic mass is 10.2. The van der Waals surface area contributed by atoms with Crippen LogP contribution in [0.3, 0.4) is 0 Å². The largest absolute Gasteiger partial charge is 0.354 e. The topological polar surface area (TPSA) is 73.2 Å². The first-order chi connectivity index (χ1) is 9.45. The second kappa shape index (κ2) is 7.29. The highest BCUT2D eigenvalue weighted by molar-refractivity contribution is 5.91. The van der Waals surface area contributed by atoms with E-state index in [0.29, 0.717) is 24.3 Å². The van der Waals surface area contributed by atoms with Crippen molar-refractivity contribution >= 4 is 17.5 Å². The minimum Gasteiger partial charge on any atom is -0.354 e. The molecule has 0 radical (unpaired) electrons. The number of anilines is 1. The Labute approximate surface area is 119 Å². The SMILES string of the molecule is CC(=O)N(CCNC(=O)C(C)C)c1cccc(C#N)c1. The average molecular weight is 273 g/mol. The molecule has 0 aromatic heterocycles. The summed E-state index contributed by atoms with van der Waals surface area (Å²) in [5.41, 5.74) is 1.16. The molecule has 0 aliphatic rings. The van der Waals surface area contributed by atoms with Gasteiger partial charge in [-0.2, -0.15) is 5.26 Å². The number of rotatable bonds is 5. The van der Waals surface area contributed by atoms with Crippen molar-refractivity contribution in [2.45, 2.75) is 20.8 Å². The quantitative estimate of drug-likeness (QED) is 0.887. The fourth-order valence-corrected chi connectivity index (χ4v) is 1.71. The molecule has 0 saturated carbocycles. The molecule has 1 aromatic carbocycles. The summed E-state index contributed by atoms with van der Waals surface area (Å²) < 4.78 is 0. The number of amides is 2. The zero-order valence-electron chi connectivity index (χ0n) is 12.0. The number of benzene rings is 1. The van der Waals surface area contributed by atoms with Gasteiger partial charge in [-0.15, -0.1) is 0 Å². The van der Waals surface area contributed by atoms with Crippen molar-refractivity contribution in [3.8, 4) is 6.07 Å². The summed E-state index contributed by atoms with van der Waals surface area (Å²) in [6.45, 7) is 5.85. The molecule has 5 heteroatoms. The van der Waals surface area contributed by atoms with Crippen LogP contribution in [0, 0.1) is 17.2 Å². The zero-order valence-corrected chi connectivity index (χ0v) is 12.0. The van der Waals surface area contributed by atoms with Crippen molar-refractivity contribution in [2.75, 3.05) is 18.0 Å². The number of hydrogen-bond donors (Lipinski definition) is 1. The van der Waals surface area contributed by atoms with Crippen LogP contribution in [0.2, 0.25) is 0 Å². The van der Waals surface area contributed by atoms with Crippen LogP contribution in [0.5, 0.6) is 0 Å². The van der Waals surface area contributed by atoms with Crippen molar-refractivity contribution in [2.24, 2.45) is 5.92 Å². The molecule has 1 rings (SSSR count). The van der Waals surface area contributed by atoms with Gasteiger partial charge >= 0.3 is 0 Å². The fraction of sp³-hybridized carbons (Fsp3) is 0.400. The summed E-state index contributed by atoms with van der Waals surface area (Å²) in [7, 11) is 0. The third kappa shape index (κ3) is 4.39. The second-order valence-electron chi connectivity index (χ2n) is 4.78. The monoisotopic (exact) mass is 273 g/mol. The van der Waals surface area contributed by atoms with E-state index in [9.17, 15) is 9.59 Å². The summed E-state index contributed by atoms with van der Waals surface area (Å²) >= 11 is 0. The molecular formula is C15H19N3O2. The summed E-state index contributed by atoms with van der Waals surface area (Å²) in [6, 6.07) is 8.89. The summed E-state index contributed by atoms with van der Waals surface area (Å²) in [6.07, 6.45) is 0. The van der Waals surface area contributed by atoms with Crippen LogP contribution in [-0.4, -0.2) is 24.9 Å². The maximum Gasteiger partial charge on any atom is 0.223 e. The van der Waals surface area contributed by atoms with Gasteiger partial charge in [-0.3, -0.25) is 9.59 Å². The zero-order chi connectivity index (χ0) is 15.1. The van der Waals surface area contributed by atoms with Crippen LogP contribution in [0.15, 0.2) is 24.3 Å². The number of nitrogens with one attached hydrogen (secondary N) is 1. The van der Waals surface area contributed by atoms with Crippen LogP contribution in [0.4, 0.5) is 5.69 Å². The molecule has 0 aliphatic carbocycles. The number of carbonyl (C=O) groups is 2. The van der Waals surface area contributed by atoms with Gasteiger partial charge in [-0.05, 0) is 18.2 Å². The predicted octanol–water partition coefficient (Wildman–Crippen LogP) is 1.68. The molecule has 106 valence electrons. The van der Waals surface area contributed by atoms with Crippen molar-refractivity contribution in [3.63, 3.8) is 0 Å². The van der Waals surface area contributed by atoms with Gasteiger partial charge in [0.25, 0.3) is 0 Å². The standard InChI is InChI=1S/C15H19N3O2/c1-11(2)15(20)17-7-8-18(12(3)19)14-6-4-5-13(9-14)10-16/h4-6,9,11H,7-8H2,1-3H3,(H,17,20). The van der Waals surface area contributed by atoms with Crippen LogP contribution in [0.25, 0.3) is 0 Å². The van der Waals surface area contributed by atoms with Gasteiger partial charge in [-0.1, -0.05) is 19.9 Å². The van der Waals surface area contributed by atoms with Gasteiger partial charge in [0, 0.05) is 31.6 Å². The first-order valence-corrected chi connectivity index (χ1v) is 6.51. The summed E-state index contributed by atoms with van der Waals surface area (Å²) in [4.78, 5) is 24.7. The van der Waals surface area contributed by atoms with Crippen LogP contribution >= 0.6 is 0 Å². The van der Waals surface area contributed by atoms with E-state index in [1.165, 1.54) is 6.92 Å². The van der Waals surface area contributed by atoms with Gasteiger partial charge in [-0.25, -0.2) is 0 Å². The number of hydrogen-bond acceptors (Lipinski definition) is 3. The van der Waals surface area contributed by atoms with E-state index in [0.717, 1.165) is 0 Å². The highest BCUT2D eigenvalue weighted by Gasteiger charge is 2.13. The molecule has 0 fully saturated rings. The molecular weight excluding hydrogens is 254 g/mol. The Morgan fingerprint density at radius 3 is 2.65 bits per heavy atom. The third-order valence-electron chi connectivity index (χ3n) is 2.83. The molecule has 0 spiro atoms. The molecule has 20 heavy (non-hydrogen) atoms. The van der Waals surface area contributed by atoms with Gasteiger partial charge < -0.3 is 10.2 Å². The van der Waals surface area contributed by atoms with E-state index in [4.69, 9.17) is 5.26 Å². The maximum atomic E-state index is 11.7. The average Bonchev–Trinajstić information content (AvgIpc) is 2.42. The highest BCUT2D eigenvalue weighted by Crippen LogP contribution is 2.15. The van der Waals surface area contributed by atoms with E-state index in [1.807, 2.05) is 19.9 Å². The third-order valence-corrected chi connectivity index (χ3v) is 2.83. The van der Waals surface area contributed by atoms with E-state index in [2.05, 4.69) is 5.32 Å². The Morgan fingerprint density at radius 2 is 2.10 bits per heavy atom. The molecule has 1 aromatic rings. The number of nitriles is 1. The molecule has 0 heterocycles. The van der Waals surface area contributed by atoms with E-state index < -0.39 is 0 Å². The summed E-state index contributed by atoms with van der Waals surface area (Å²) in [5, 5.41) is 11.6. The number of nitrogens with zero attached hydrogens (tertiary/aromatic N) is 2. The lowest BCUT2D eigenvalue weighted by Gasteiger charge is -2.21. The Morgan fingerprint density at radius 1 is 1.40 bits per heavy atom. The molecule has 1 N–H and O–H groups in total. The molecule has 0 unspecified atom stereocenters. The second-order valence-corrected chi connectivity index (χ2v) is 4.78. The van der Waals surface area contributed by atoms with Crippen LogP contribution in [0.1, 0.15) is 26.3 Å². The van der Waals surface area contributed by atoms with Crippen LogP contribution < -0.4 is 10.2 Å². The lowest BCUT2D eigenvalue weighted by Crippen LogP contribution is -2.38. The van der Waals surface area contributed by atoms with Crippen molar-refractivity contribution in [3.05, 3.63) is 29.8 Å². The fourth-order valence-electron chi connectivity index (χ4n) is 1.71. The highest BCUT2D eigenvalue weighted by atomic mass is 16.2. The molecule has 0 aliphatic heterocycles. The van der Waals surface area contributed by atoms with Crippen molar-refractivity contribution in [1.82, 2.24) is 5.32 Å². The number of carbonyl (C=O) groups excluding carboxylic acids is 2. The normalized spacial score (nSPS) is 9.95. The Balaban J connectivity index is 2.72. The Kier molecular flexibility index (Phi) is 5.73. The van der Waals surface area contributed by atoms with Crippen molar-refractivity contribution in [1.29, 1.82) is 5.26 Å². The Bertz CT molecular complexity index is 532. The first-order valence-electron chi connectivity index (χ1n) is 6.51. The minimum absolute atomic E-state index is 0.0423. The minimum atomic E-state index is -0.126. The Hall–Kier alpha value is -2.35. The molecule has 0 bridgehead atoms. The van der Waals surface area contributed by atoms with Crippen molar-refractivity contribution < 1.29 is 9.59 Å². The summed E-state index contributed by atoms with van der Waals surface area (Å²) in [5.74, 6) is -0.249. The lowest BCUT2D eigenvalue weighted by molar-refractivity contribution is -0.124. The van der Waals surface area contributed by atoms with Gasteiger partial charge in [0.2, 0.25) is 11.8 Å². The van der Waals surface area contributed by atoms with Gasteiger partial charge in [0.15, 0.2) is 0 Å².